The molecule has 0 spiro atoms. The molecule has 0 atom stereocenters. The highest BCUT2D eigenvalue weighted by Crippen LogP contribution is 2.29. The summed E-state index contributed by atoms with van der Waals surface area (Å²) in [4.78, 5) is 6.81. The summed E-state index contributed by atoms with van der Waals surface area (Å²) in [6.45, 7) is 1.69. The van der Waals surface area contributed by atoms with Crippen molar-refractivity contribution in [3.63, 3.8) is 0 Å². The van der Waals surface area contributed by atoms with Gasteiger partial charge in [-0.1, -0.05) is 34.8 Å². The van der Waals surface area contributed by atoms with Gasteiger partial charge in [0.15, 0.2) is 5.13 Å². The molecule has 0 saturated carbocycles. The van der Waals surface area contributed by atoms with E-state index in [0.717, 1.165) is 16.4 Å². The van der Waals surface area contributed by atoms with Crippen molar-refractivity contribution in [1.29, 1.82) is 0 Å². The lowest BCUT2D eigenvalue weighted by Crippen LogP contribution is -2.48. The Hall–Kier alpha value is -1.42. The molecule has 0 N–H and O–H groups in total. The first-order valence-electron chi connectivity index (χ1n) is 9.32. The molecule has 0 bridgehead atoms. The summed E-state index contributed by atoms with van der Waals surface area (Å²) in [6, 6.07) is 8.74. The van der Waals surface area contributed by atoms with Crippen LogP contribution in [0, 0.1) is 5.82 Å². The van der Waals surface area contributed by atoms with Crippen LogP contribution in [0.3, 0.4) is 0 Å². The van der Waals surface area contributed by atoms with E-state index >= 15 is 0 Å². The van der Waals surface area contributed by atoms with Crippen LogP contribution in [-0.2, 0) is 16.4 Å². The van der Waals surface area contributed by atoms with E-state index in [1.165, 1.54) is 46.0 Å². The van der Waals surface area contributed by atoms with Crippen LogP contribution in [0.5, 0.6) is 0 Å². The van der Waals surface area contributed by atoms with Crippen molar-refractivity contribution in [2.45, 2.75) is 11.3 Å². The summed E-state index contributed by atoms with van der Waals surface area (Å²) >= 11 is 19.3. The quantitative estimate of drug-likeness (QED) is 0.455. The summed E-state index contributed by atoms with van der Waals surface area (Å²) in [5.41, 5.74) is 1.56. The Bertz CT molecular complexity index is 1190. The van der Waals surface area contributed by atoms with Gasteiger partial charge in [0.2, 0.25) is 10.0 Å². The normalized spacial score (nSPS) is 15.4. The van der Waals surface area contributed by atoms with Crippen molar-refractivity contribution >= 4 is 61.3 Å². The SMILES string of the molecule is O=S(=O)(c1ccc(Cl)c(Cl)c1)N1CCN(c2nc(Cc3cc(F)cc(Cl)c3)cs2)CC1. The van der Waals surface area contributed by atoms with Crippen molar-refractivity contribution in [2.24, 2.45) is 0 Å². The molecule has 1 saturated heterocycles. The molecule has 0 amide bonds. The third-order valence-corrected chi connectivity index (χ3v) is 8.69. The first kappa shape index (κ1) is 22.8. The summed E-state index contributed by atoms with van der Waals surface area (Å²) in [5, 5.41) is 3.60. The topological polar surface area (TPSA) is 53.5 Å². The Morgan fingerprint density at radius 1 is 1.00 bits per heavy atom. The molecule has 3 aromatic rings. The van der Waals surface area contributed by atoms with E-state index in [1.807, 2.05) is 10.3 Å². The van der Waals surface area contributed by atoms with Crippen LogP contribution in [-0.4, -0.2) is 43.9 Å². The molecule has 2 aromatic carbocycles. The zero-order valence-electron chi connectivity index (χ0n) is 16.1. The average Bonchev–Trinajstić information content (AvgIpc) is 3.17. The van der Waals surface area contributed by atoms with Crippen molar-refractivity contribution in [3.05, 3.63) is 73.9 Å². The summed E-state index contributed by atoms with van der Waals surface area (Å²) in [7, 11) is -3.65. The van der Waals surface area contributed by atoms with E-state index in [2.05, 4.69) is 4.98 Å². The predicted octanol–water partition coefficient (Wildman–Crippen LogP) is 5.34. The minimum Gasteiger partial charge on any atom is -0.345 e. The Balaban J connectivity index is 1.41. The number of benzene rings is 2. The van der Waals surface area contributed by atoms with Gasteiger partial charge < -0.3 is 4.90 Å². The third-order valence-electron chi connectivity index (χ3n) is 4.89. The molecule has 164 valence electrons. The summed E-state index contributed by atoms with van der Waals surface area (Å²) in [6.07, 6.45) is 0.472. The number of aromatic nitrogens is 1. The number of hydrogen-bond acceptors (Lipinski definition) is 5. The summed E-state index contributed by atoms with van der Waals surface area (Å²) in [5.74, 6) is -0.378. The van der Waals surface area contributed by atoms with Gasteiger partial charge >= 0.3 is 0 Å². The molecule has 1 aromatic heterocycles. The minimum atomic E-state index is -3.65. The number of hydrogen-bond donors (Lipinski definition) is 0. The molecule has 0 unspecified atom stereocenters. The van der Waals surface area contributed by atoms with E-state index in [4.69, 9.17) is 34.8 Å². The number of nitrogens with zero attached hydrogens (tertiary/aromatic N) is 3. The van der Waals surface area contributed by atoms with Crippen LogP contribution < -0.4 is 4.90 Å². The van der Waals surface area contributed by atoms with Crippen molar-refractivity contribution in [3.8, 4) is 0 Å². The van der Waals surface area contributed by atoms with E-state index in [9.17, 15) is 12.8 Å². The Morgan fingerprint density at radius 2 is 1.74 bits per heavy atom. The number of piperazine rings is 1. The maximum atomic E-state index is 13.5. The van der Waals surface area contributed by atoms with Crippen LogP contribution >= 0.6 is 46.1 Å². The molecule has 0 radical (unpaired) electrons. The zero-order valence-corrected chi connectivity index (χ0v) is 20.0. The van der Waals surface area contributed by atoms with Crippen LogP contribution in [0.1, 0.15) is 11.3 Å². The maximum absolute atomic E-state index is 13.5. The molecule has 11 heteroatoms. The second kappa shape index (κ2) is 9.21. The lowest BCUT2D eigenvalue weighted by Gasteiger charge is -2.33. The summed E-state index contributed by atoms with van der Waals surface area (Å²) < 4.78 is 40.8. The standard InChI is InChI=1S/C20H17Cl3FN3O2S2/c21-14-7-13(8-15(24)10-14)9-16-12-30-20(25-16)26-3-5-27(6-4-26)31(28,29)17-1-2-18(22)19(23)11-17/h1-2,7-8,10-12H,3-6,9H2. The molecule has 0 aliphatic carbocycles. The monoisotopic (exact) mass is 519 g/mol. The lowest BCUT2D eigenvalue weighted by molar-refractivity contribution is 0.384. The van der Waals surface area contributed by atoms with Crippen molar-refractivity contribution in [2.75, 3.05) is 31.1 Å². The van der Waals surface area contributed by atoms with Gasteiger partial charge in [-0.25, -0.2) is 17.8 Å². The fourth-order valence-electron chi connectivity index (χ4n) is 3.35. The minimum absolute atomic E-state index is 0.126. The molecule has 31 heavy (non-hydrogen) atoms. The predicted molar refractivity (Wildman–Crippen MR) is 124 cm³/mol. The first-order valence-corrected chi connectivity index (χ1v) is 12.8. The molecule has 4 rings (SSSR count). The van der Waals surface area contributed by atoms with E-state index < -0.39 is 10.0 Å². The van der Waals surface area contributed by atoms with Crippen molar-refractivity contribution in [1.82, 2.24) is 9.29 Å². The number of anilines is 1. The largest absolute Gasteiger partial charge is 0.345 e. The second-order valence-corrected chi connectivity index (χ2v) is 11.1. The third kappa shape index (κ3) is 5.16. The molecular weight excluding hydrogens is 504 g/mol. The molecule has 1 fully saturated rings. The number of rotatable bonds is 5. The van der Waals surface area contributed by atoms with Gasteiger partial charge in [0, 0.05) is 43.0 Å². The van der Waals surface area contributed by atoms with Gasteiger partial charge in [-0.15, -0.1) is 11.3 Å². The first-order chi connectivity index (χ1) is 14.7. The number of sulfonamides is 1. The molecule has 1 aliphatic rings. The zero-order chi connectivity index (χ0) is 22.2. The molecule has 5 nitrogen and oxygen atoms in total. The Morgan fingerprint density at radius 3 is 2.42 bits per heavy atom. The van der Waals surface area contributed by atoms with Gasteiger partial charge in [-0.2, -0.15) is 4.31 Å². The molecule has 2 heterocycles. The highest BCUT2D eigenvalue weighted by atomic mass is 35.5. The fourth-order valence-corrected chi connectivity index (χ4v) is 6.29. The van der Waals surface area contributed by atoms with Crippen LogP contribution in [0.25, 0.3) is 0 Å². The Kier molecular flexibility index (Phi) is 6.76. The van der Waals surface area contributed by atoms with Gasteiger partial charge in [-0.05, 0) is 42.0 Å². The highest BCUT2D eigenvalue weighted by molar-refractivity contribution is 7.89. The van der Waals surface area contributed by atoms with E-state index in [1.54, 1.807) is 6.07 Å². The van der Waals surface area contributed by atoms with Gasteiger partial charge in [-0.3, -0.25) is 0 Å². The van der Waals surface area contributed by atoms with Crippen molar-refractivity contribution < 1.29 is 12.8 Å². The van der Waals surface area contributed by atoms with Crippen LogP contribution in [0.15, 0.2) is 46.7 Å². The average molecular weight is 521 g/mol. The van der Waals surface area contributed by atoms with E-state index in [0.29, 0.717) is 42.6 Å². The fraction of sp³-hybridized carbons (Fsp3) is 0.250. The van der Waals surface area contributed by atoms with Gasteiger partial charge in [0.05, 0.1) is 20.6 Å². The van der Waals surface area contributed by atoms with E-state index in [-0.39, 0.29) is 15.7 Å². The number of halogens is 4. The number of thiazole rings is 1. The van der Waals surface area contributed by atoms with Gasteiger partial charge in [0.1, 0.15) is 5.82 Å². The molecule has 1 aliphatic heterocycles. The highest BCUT2D eigenvalue weighted by Gasteiger charge is 2.29. The lowest BCUT2D eigenvalue weighted by atomic mass is 10.1. The van der Waals surface area contributed by atoms with Gasteiger partial charge in [0.25, 0.3) is 0 Å². The molecular formula is C20H17Cl3FN3O2S2. The Labute approximate surface area is 199 Å². The van der Waals surface area contributed by atoms with Crippen LogP contribution in [0.4, 0.5) is 9.52 Å². The van der Waals surface area contributed by atoms with Crippen LogP contribution in [0.2, 0.25) is 15.1 Å². The smallest absolute Gasteiger partial charge is 0.243 e. The second-order valence-electron chi connectivity index (χ2n) is 7.04. The maximum Gasteiger partial charge on any atom is 0.243 e.